The molecule has 432 valence electrons. The van der Waals surface area contributed by atoms with Crippen LogP contribution >= 0.6 is 0 Å². The van der Waals surface area contributed by atoms with Crippen molar-refractivity contribution in [1.29, 1.82) is 0 Å². The number of hydrogen-bond acceptors (Lipinski definition) is 15. The highest BCUT2D eigenvalue weighted by Gasteiger charge is 2.38. The number of carbonyl (C=O) groups is 8. The van der Waals surface area contributed by atoms with Crippen LogP contribution in [-0.4, -0.2) is 101 Å². The molecule has 2 N–H and O–H groups in total. The number of Topliss-reactive ketones (excluding diaryl/α,β-unsaturated/α-hetero) is 1. The van der Waals surface area contributed by atoms with Crippen LogP contribution in [0.2, 0.25) is 0 Å². The van der Waals surface area contributed by atoms with Crippen molar-refractivity contribution in [3.8, 4) is 0 Å². The van der Waals surface area contributed by atoms with Gasteiger partial charge in [-0.3, -0.25) is 9.69 Å². The normalized spacial score (nSPS) is 14.0. The molecule has 1 saturated heterocycles. The van der Waals surface area contributed by atoms with Crippen molar-refractivity contribution in [2.24, 2.45) is 11.8 Å². The number of methoxy groups -OCH3 is 1. The van der Waals surface area contributed by atoms with Gasteiger partial charge < -0.3 is 43.8 Å². The van der Waals surface area contributed by atoms with Crippen LogP contribution in [0.4, 0.5) is 14.4 Å². The van der Waals surface area contributed by atoms with E-state index in [9.17, 15) is 38.4 Å². The molecule has 3 aromatic carbocycles. The molecule has 0 aliphatic carbocycles. The number of hydrogen-bond donors (Lipinski definition) is 2. The number of alkyl carbamates (subject to hydrolysis) is 2. The molecular formula is C60H87N3O15. The average Bonchev–Trinajstić information content (AvgIpc) is 3.89. The lowest BCUT2D eigenvalue weighted by atomic mass is 10.0. The number of nitrogens with zero attached hydrogens (tertiary/aromatic N) is 1. The summed E-state index contributed by atoms with van der Waals surface area (Å²) in [6.07, 6.45) is 2.57. The summed E-state index contributed by atoms with van der Waals surface area (Å²) in [5.41, 5.74) is 1.71. The van der Waals surface area contributed by atoms with Crippen LogP contribution in [0.15, 0.2) is 78.9 Å². The SMILES string of the molecule is CCC(C)(C)OC(=O)N1CCCC1C(=O)OCc1ccc(C(C)=O)cc1.CCC(C)(C)OC(=O)NC(CC(C)C)C(=O)OCc1ccc(C(=O)OC)cc1.CCC(C)(C)OC(=O)NC(CC(C)C)C(=O)OCc1ccccc1. The standard InChI is InChI=1S/C21H31NO6.C20H27NO5.C19H29NO4/c1-7-21(4,5)28-20(25)22-17(12-14(2)3)19(24)27-13-15-8-10-16(11-9-15)18(23)26-6;1-5-20(3,4)26-19(24)21-12-6-7-17(21)18(23)25-13-15-8-10-16(11-9-15)14(2)22;1-6-19(4,5)24-18(22)20-16(12-14(2)3)17(21)23-13-15-10-8-7-9-11-15/h8-11,14,17H,7,12-13H2,1-6H3,(H,22,25);8-11,17H,5-7,12-13H2,1-4H3;7-11,14,16H,6,12-13H2,1-5H3,(H,20,22). The number of esters is 4. The lowest BCUT2D eigenvalue weighted by Crippen LogP contribution is -2.45. The highest BCUT2D eigenvalue weighted by molar-refractivity contribution is 5.94. The van der Waals surface area contributed by atoms with Gasteiger partial charge in [-0.05, 0) is 134 Å². The van der Waals surface area contributed by atoms with Crippen molar-refractivity contribution < 1.29 is 71.5 Å². The number of benzene rings is 3. The Hall–Kier alpha value is -6.98. The third-order valence-electron chi connectivity index (χ3n) is 12.7. The number of amides is 3. The largest absolute Gasteiger partial charge is 0.465 e. The second kappa shape index (κ2) is 32.7. The zero-order chi connectivity index (χ0) is 58.8. The number of rotatable bonds is 23. The molecule has 18 nitrogen and oxygen atoms in total. The summed E-state index contributed by atoms with van der Waals surface area (Å²) in [6.45, 7) is 27.0. The minimum atomic E-state index is -0.797. The monoisotopic (exact) mass is 1090 g/mol. The summed E-state index contributed by atoms with van der Waals surface area (Å²) in [7, 11) is 1.31. The molecule has 1 aliphatic rings. The third kappa shape index (κ3) is 25.4. The van der Waals surface area contributed by atoms with Crippen LogP contribution in [-0.2, 0) is 67.4 Å². The van der Waals surface area contributed by atoms with Gasteiger partial charge in [0.05, 0.1) is 12.7 Å². The predicted octanol–water partition coefficient (Wildman–Crippen LogP) is 11.6. The highest BCUT2D eigenvalue weighted by atomic mass is 16.6. The van der Waals surface area contributed by atoms with E-state index in [0.717, 1.165) is 23.1 Å². The third-order valence-corrected chi connectivity index (χ3v) is 12.7. The second-order valence-corrected chi connectivity index (χ2v) is 21.7. The average molecular weight is 1090 g/mol. The van der Waals surface area contributed by atoms with Gasteiger partial charge in [-0.1, -0.05) is 115 Å². The zero-order valence-electron chi connectivity index (χ0n) is 48.7. The van der Waals surface area contributed by atoms with Crippen LogP contribution in [0.5, 0.6) is 0 Å². The quantitative estimate of drug-likeness (QED) is 0.0511. The summed E-state index contributed by atoms with van der Waals surface area (Å²) in [4.78, 5) is 98.0. The molecule has 0 bridgehead atoms. The van der Waals surface area contributed by atoms with Gasteiger partial charge in [-0.15, -0.1) is 0 Å². The first-order valence-electron chi connectivity index (χ1n) is 26.8. The minimum Gasteiger partial charge on any atom is -0.465 e. The summed E-state index contributed by atoms with van der Waals surface area (Å²) in [5.74, 6) is -1.43. The maximum absolute atomic E-state index is 12.5. The number of ether oxygens (including phenoxy) is 7. The molecule has 0 spiro atoms. The van der Waals surface area contributed by atoms with Gasteiger partial charge in [0, 0.05) is 12.1 Å². The van der Waals surface area contributed by atoms with Crippen LogP contribution in [0.25, 0.3) is 0 Å². The highest BCUT2D eigenvalue weighted by Crippen LogP contribution is 2.24. The maximum atomic E-state index is 12.5. The van der Waals surface area contributed by atoms with E-state index in [2.05, 4.69) is 15.4 Å². The Labute approximate surface area is 462 Å². The van der Waals surface area contributed by atoms with Gasteiger partial charge >= 0.3 is 42.2 Å². The molecule has 78 heavy (non-hydrogen) atoms. The summed E-state index contributed by atoms with van der Waals surface area (Å²) in [6, 6.07) is 20.8. The van der Waals surface area contributed by atoms with E-state index in [0.29, 0.717) is 56.2 Å². The first-order chi connectivity index (χ1) is 36.5. The lowest BCUT2D eigenvalue weighted by molar-refractivity contribution is -0.150. The van der Waals surface area contributed by atoms with Gasteiger partial charge in [0.1, 0.15) is 54.7 Å². The maximum Gasteiger partial charge on any atom is 0.411 e. The molecule has 0 radical (unpaired) electrons. The molecule has 3 atom stereocenters. The van der Waals surface area contributed by atoms with Crippen molar-refractivity contribution in [1.82, 2.24) is 15.5 Å². The Morgan fingerprint density at radius 1 is 0.564 bits per heavy atom. The predicted molar refractivity (Wildman–Crippen MR) is 295 cm³/mol. The van der Waals surface area contributed by atoms with E-state index in [1.54, 1.807) is 62.4 Å². The topological polar surface area (TPSA) is 228 Å². The van der Waals surface area contributed by atoms with Crippen molar-refractivity contribution in [2.75, 3.05) is 13.7 Å². The van der Waals surface area contributed by atoms with Crippen molar-refractivity contribution in [3.05, 3.63) is 107 Å². The molecule has 0 saturated carbocycles. The zero-order valence-corrected chi connectivity index (χ0v) is 48.7. The van der Waals surface area contributed by atoms with E-state index in [-0.39, 0.29) is 37.4 Å². The fraction of sp³-hybridized carbons (Fsp3) is 0.567. The van der Waals surface area contributed by atoms with Crippen molar-refractivity contribution in [2.45, 2.75) is 197 Å². The van der Waals surface area contributed by atoms with E-state index in [1.807, 2.05) is 106 Å². The van der Waals surface area contributed by atoms with Gasteiger partial charge in [-0.25, -0.2) is 33.6 Å². The fourth-order valence-electron chi connectivity index (χ4n) is 6.98. The van der Waals surface area contributed by atoms with E-state index in [4.69, 9.17) is 28.4 Å². The second-order valence-electron chi connectivity index (χ2n) is 21.7. The van der Waals surface area contributed by atoms with Crippen LogP contribution in [0.3, 0.4) is 0 Å². The van der Waals surface area contributed by atoms with Crippen LogP contribution < -0.4 is 10.6 Å². The van der Waals surface area contributed by atoms with Crippen molar-refractivity contribution >= 4 is 47.9 Å². The molecule has 1 aliphatic heterocycles. The molecule has 3 amide bonds. The minimum absolute atomic E-state index is 0.0105. The van der Waals surface area contributed by atoms with E-state index >= 15 is 0 Å². The van der Waals surface area contributed by atoms with Gasteiger partial charge in [0.15, 0.2) is 5.78 Å². The summed E-state index contributed by atoms with van der Waals surface area (Å²) in [5, 5.41) is 5.25. The Balaban J connectivity index is 0.000000401. The number of nitrogens with one attached hydrogen (secondary N) is 2. The van der Waals surface area contributed by atoms with E-state index in [1.165, 1.54) is 18.9 Å². The smallest absolute Gasteiger partial charge is 0.411 e. The van der Waals surface area contributed by atoms with Crippen molar-refractivity contribution in [3.63, 3.8) is 0 Å². The summed E-state index contributed by atoms with van der Waals surface area (Å²) < 4.78 is 36.9. The Morgan fingerprint density at radius 3 is 1.36 bits per heavy atom. The molecule has 1 heterocycles. The fourth-order valence-corrected chi connectivity index (χ4v) is 6.98. The van der Waals surface area contributed by atoms with Gasteiger partial charge in [-0.2, -0.15) is 0 Å². The number of likely N-dealkylation sites (tertiary alicyclic amines) is 1. The molecule has 18 heteroatoms. The van der Waals surface area contributed by atoms with Crippen LogP contribution in [0.1, 0.15) is 179 Å². The van der Waals surface area contributed by atoms with Gasteiger partial charge in [0.25, 0.3) is 0 Å². The number of carbonyl (C=O) groups excluding carboxylic acids is 8. The first kappa shape index (κ1) is 67.1. The Morgan fingerprint density at radius 2 is 0.962 bits per heavy atom. The molecular weight excluding hydrogens is 1000 g/mol. The molecule has 0 aromatic heterocycles. The first-order valence-corrected chi connectivity index (χ1v) is 26.8. The number of ketones is 1. The molecule has 4 rings (SSSR count). The molecule has 3 unspecified atom stereocenters. The Kier molecular flexibility index (Phi) is 28.1. The Bertz CT molecular complexity index is 2380. The summed E-state index contributed by atoms with van der Waals surface area (Å²) >= 11 is 0. The van der Waals surface area contributed by atoms with Crippen LogP contribution in [0, 0.1) is 11.8 Å². The molecule has 1 fully saturated rings. The van der Waals surface area contributed by atoms with Gasteiger partial charge in [0.2, 0.25) is 0 Å². The van der Waals surface area contributed by atoms with E-state index < -0.39 is 77.1 Å². The molecule has 3 aromatic rings. The lowest BCUT2D eigenvalue weighted by Gasteiger charge is -2.29.